The number of thiophene rings is 1. The van der Waals surface area contributed by atoms with E-state index < -0.39 is 0 Å². The minimum Gasteiger partial charge on any atom is -0.460 e. The van der Waals surface area contributed by atoms with Crippen molar-refractivity contribution in [3.63, 3.8) is 0 Å². The topological polar surface area (TPSA) is 57.1 Å². The van der Waals surface area contributed by atoms with Crippen LogP contribution in [0.25, 0.3) is 11.5 Å². The summed E-state index contributed by atoms with van der Waals surface area (Å²) in [6, 6.07) is 8.84. The summed E-state index contributed by atoms with van der Waals surface area (Å²) in [5.41, 5.74) is 2.11. The van der Waals surface area contributed by atoms with E-state index in [1.54, 1.807) is 0 Å². The van der Waals surface area contributed by atoms with E-state index in [-0.39, 0.29) is 0 Å². The molecule has 1 atom stereocenters. The number of hydrogen-bond acceptors (Lipinski definition) is 5. The van der Waals surface area contributed by atoms with Gasteiger partial charge in [0.05, 0.1) is 12.2 Å². The number of aryl methyl sites for hydroxylation is 1. The first-order chi connectivity index (χ1) is 12.3. The second-order valence-electron chi connectivity index (χ2n) is 6.59. The maximum absolute atomic E-state index is 5.73. The van der Waals surface area contributed by atoms with E-state index in [2.05, 4.69) is 37.9 Å². The molecule has 1 aliphatic rings. The molecule has 4 heterocycles. The summed E-state index contributed by atoms with van der Waals surface area (Å²) in [5, 5.41) is 13.1. The predicted molar refractivity (Wildman–Crippen MR) is 101 cm³/mol. The van der Waals surface area contributed by atoms with E-state index in [0.29, 0.717) is 6.04 Å². The zero-order valence-electron chi connectivity index (χ0n) is 14.5. The van der Waals surface area contributed by atoms with Crippen molar-refractivity contribution in [3.05, 3.63) is 52.0 Å². The van der Waals surface area contributed by atoms with Crippen LogP contribution < -0.4 is 5.32 Å². The molecule has 0 radical (unpaired) electrons. The molecule has 0 saturated carbocycles. The fourth-order valence-electron chi connectivity index (χ4n) is 3.51. The molecular formula is C19H24N4OS. The van der Waals surface area contributed by atoms with Crippen molar-refractivity contribution >= 4 is 11.3 Å². The largest absolute Gasteiger partial charge is 0.460 e. The van der Waals surface area contributed by atoms with Crippen LogP contribution in [0.3, 0.4) is 0 Å². The van der Waals surface area contributed by atoms with Crippen LogP contribution in [-0.4, -0.2) is 34.7 Å². The molecule has 0 aromatic carbocycles. The van der Waals surface area contributed by atoms with Crippen LogP contribution in [0.15, 0.2) is 40.3 Å². The molecule has 25 heavy (non-hydrogen) atoms. The van der Waals surface area contributed by atoms with Crippen molar-refractivity contribution in [2.45, 2.75) is 32.4 Å². The molecule has 2 N–H and O–H groups in total. The third-order valence-electron chi connectivity index (χ3n) is 4.81. The highest BCUT2D eigenvalue weighted by Gasteiger charge is 2.24. The Morgan fingerprint density at radius 2 is 2.20 bits per heavy atom. The lowest BCUT2D eigenvalue weighted by molar-refractivity contribution is 0.242. The first kappa shape index (κ1) is 16.6. The number of aromatic amines is 1. The van der Waals surface area contributed by atoms with E-state index in [9.17, 15) is 0 Å². The Bertz CT molecular complexity index is 786. The molecule has 3 aromatic rings. The smallest absolute Gasteiger partial charge is 0.152 e. The standard InChI is InChI=1S/C19H24N4OS/c1-14-6-7-17(24-14)19-15(12-21-22-19)11-20-13-16(18-5-4-10-25-18)23-8-2-3-9-23/h4-7,10,12,16,20H,2-3,8-9,11,13H2,1H3,(H,21,22). The van der Waals surface area contributed by atoms with Crippen molar-refractivity contribution in [2.24, 2.45) is 0 Å². The molecule has 5 nitrogen and oxygen atoms in total. The van der Waals surface area contributed by atoms with Gasteiger partial charge in [-0.15, -0.1) is 11.3 Å². The average Bonchev–Trinajstić information content (AvgIpc) is 3.38. The Morgan fingerprint density at radius 3 is 2.92 bits per heavy atom. The van der Waals surface area contributed by atoms with Gasteiger partial charge < -0.3 is 9.73 Å². The van der Waals surface area contributed by atoms with Gasteiger partial charge in [-0.2, -0.15) is 5.10 Å². The van der Waals surface area contributed by atoms with Crippen molar-refractivity contribution < 1.29 is 4.42 Å². The van der Waals surface area contributed by atoms with Crippen molar-refractivity contribution in [3.8, 4) is 11.5 Å². The Morgan fingerprint density at radius 1 is 1.32 bits per heavy atom. The summed E-state index contributed by atoms with van der Waals surface area (Å²) in [7, 11) is 0. The predicted octanol–water partition coefficient (Wildman–Crippen LogP) is 3.97. The van der Waals surface area contributed by atoms with Gasteiger partial charge in [-0.3, -0.25) is 10.00 Å². The first-order valence-corrected chi connectivity index (χ1v) is 9.76. The highest BCUT2D eigenvalue weighted by Crippen LogP contribution is 2.28. The van der Waals surface area contributed by atoms with Crippen LogP contribution >= 0.6 is 11.3 Å². The molecule has 6 heteroatoms. The Balaban J connectivity index is 1.42. The van der Waals surface area contributed by atoms with Gasteiger partial charge in [-0.05, 0) is 56.4 Å². The normalized spacial score (nSPS) is 16.5. The zero-order valence-corrected chi connectivity index (χ0v) is 15.3. The summed E-state index contributed by atoms with van der Waals surface area (Å²) in [6.45, 7) is 6.09. The van der Waals surface area contributed by atoms with Crippen LogP contribution in [0.1, 0.15) is 35.1 Å². The number of rotatable bonds is 7. The highest BCUT2D eigenvalue weighted by molar-refractivity contribution is 7.10. The number of aromatic nitrogens is 2. The van der Waals surface area contributed by atoms with E-state index >= 15 is 0 Å². The highest BCUT2D eigenvalue weighted by atomic mass is 32.1. The van der Waals surface area contributed by atoms with Gasteiger partial charge in [0, 0.05) is 23.5 Å². The van der Waals surface area contributed by atoms with E-state index in [1.807, 2.05) is 36.6 Å². The Hall–Kier alpha value is -1.89. The van der Waals surface area contributed by atoms with Gasteiger partial charge in [0.2, 0.25) is 0 Å². The van der Waals surface area contributed by atoms with Gasteiger partial charge in [0.25, 0.3) is 0 Å². The summed E-state index contributed by atoms with van der Waals surface area (Å²) in [6.07, 6.45) is 4.51. The van der Waals surface area contributed by atoms with Gasteiger partial charge in [0.15, 0.2) is 5.76 Å². The minimum atomic E-state index is 0.462. The van der Waals surface area contributed by atoms with Gasteiger partial charge in [-0.1, -0.05) is 6.07 Å². The van der Waals surface area contributed by atoms with Crippen LogP contribution in [0.2, 0.25) is 0 Å². The van der Waals surface area contributed by atoms with Crippen LogP contribution in [-0.2, 0) is 6.54 Å². The van der Waals surface area contributed by atoms with Gasteiger partial charge in [-0.25, -0.2) is 0 Å². The third kappa shape index (κ3) is 3.71. The molecule has 1 aliphatic heterocycles. The molecule has 3 aromatic heterocycles. The van der Waals surface area contributed by atoms with E-state index in [0.717, 1.165) is 35.9 Å². The van der Waals surface area contributed by atoms with Gasteiger partial charge in [0.1, 0.15) is 11.5 Å². The molecule has 0 spiro atoms. The molecule has 0 aliphatic carbocycles. The molecule has 0 bridgehead atoms. The second kappa shape index (κ2) is 7.56. The summed E-state index contributed by atoms with van der Waals surface area (Å²) in [5.74, 6) is 1.76. The first-order valence-electron chi connectivity index (χ1n) is 8.88. The summed E-state index contributed by atoms with van der Waals surface area (Å²) >= 11 is 1.85. The molecule has 1 fully saturated rings. The summed E-state index contributed by atoms with van der Waals surface area (Å²) in [4.78, 5) is 4.05. The Labute approximate surface area is 152 Å². The minimum absolute atomic E-state index is 0.462. The Kier molecular flexibility index (Phi) is 5.01. The molecule has 132 valence electrons. The average molecular weight is 356 g/mol. The SMILES string of the molecule is Cc1ccc(-c2[nH]ncc2CNCC(c2cccs2)N2CCCC2)o1. The van der Waals surface area contributed by atoms with Crippen LogP contribution in [0.5, 0.6) is 0 Å². The van der Waals surface area contributed by atoms with E-state index in [1.165, 1.54) is 30.8 Å². The van der Waals surface area contributed by atoms with Crippen molar-refractivity contribution in [1.29, 1.82) is 0 Å². The quantitative estimate of drug-likeness (QED) is 0.673. The number of likely N-dealkylation sites (tertiary alicyclic amines) is 1. The lowest BCUT2D eigenvalue weighted by atomic mass is 10.2. The van der Waals surface area contributed by atoms with Crippen LogP contribution in [0.4, 0.5) is 0 Å². The summed E-state index contributed by atoms with van der Waals surface area (Å²) < 4.78 is 5.73. The molecule has 4 rings (SSSR count). The second-order valence-corrected chi connectivity index (χ2v) is 7.57. The number of nitrogens with zero attached hydrogens (tertiary/aromatic N) is 2. The number of hydrogen-bond donors (Lipinski definition) is 2. The third-order valence-corrected chi connectivity index (χ3v) is 5.78. The van der Waals surface area contributed by atoms with Gasteiger partial charge >= 0.3 is 0 Å². The monoisotopic (exact) mass is 356 g/mol. The lowest BCUT2D eigenvalue weighted by Gasteiger charge is -2.27. The molecule has 1 unspecified atom stereocenters. The molecule has 0 amide bonds. The maximum atomic E-state index is 5.73. The van der Waals surface area contributed by atoms with Crippen molar-refractivity contribution in [1.82, 2.24) is 20.4 Å². The number of furan rings is 1. The lowest BCUT2D eigenvalue weighted by Crippen LogP contribution is -2.33. The fraction of sp³-hybridized carbons (Fsp3) is 0.421. The number of nitrogens with one attached hydrogen (secondary N) is 2. The number of H-pyrrole nitrogens is 1. The molecular weight excluding hydrogens is 332 g/mol. The zero-order chi connectivity index (χ0) is 17.1. The van der Waals surface area contributed by atoms with Crippen LogP contribution in [0, 0.1) is 6.92 Å². The van der Waals surface area contributed by atoms with Crippen molar-refractivity contribution in [2.75, 3.05) is 19.6 Å². The fourth-order valence-corrected chi connectivity index (χ4v) is 4.38. The molecule has 1 saturated heterocycles. The maximum Gasteiger partial charge on any atom is 0.152 e. The van der Waals surface area contributed by atoms with E-state index in [4.69, 9.17) is 4.42 Å².